The van der Waals surface area contributed by atoms with Crippen molar-refractivity contribution in [1.29, 1.82) is 0 Å². The van der Waals surface area contributed by atoms with E-state index in [-0.39, 0.29) is 29.2 Å². The third-order valence-electron chi connectivity index (χ3n) is 5.31. The zero-order valence-corrected chi connectivity index (χ0v) is 14.1. The zero-order valence-electron chi connectivity index (χ0n) is 14.1. The number of benzene rings is 1. The Hall–Kier alpha value is -2.24. The predicted octanol–water partition coefficient (Wildman–Crippen LogP) is 3.30. The molecule has 0 saturated heterocycles. The average molecular weight is 349 g/mol. The van der Waals surface area contributed by atoms with Gasteiger partial charge in [-0.15, -0.1) is 0 Å². The molecule has 3 rings (SSSR count). The molecule has 6 heteroatoms. The summed E-state index contributed by atoms with van der Waals surface area (Å²) in [4.78, 5) is 24.4. The minimum atomic E-state index is -0.981. The van der Waals surface area contributed by atoms with Gasteiger partial charge in [0.25, 0.3) is 0 Å². The number of amides is 1. The zero-order chi connectivity index (χ0) is 18.3. The van der Waals surface area contributed by atoms with Crippen LogP contribution < -0.4 is 5.32 Å². The molecular weight excluding hydrogens is 328 g/mol. The van der Waals surface area contributed by atoms with E-state index in [4.69, 9.17) is 0 Å². The van der Waals surface area contributed by atoms with E-state index in [2.05, 4.69) is 5.32 Å². The lowest BCUT2D eigenvalue weighted by Gasteiger charge is -2.29. The fraction of sp³-hybridized carbons (Fsp3) is 0.474. The highest BCUT2D eigenvalue weighted by Crippen LogP contribution is 2.48. The van der Waals surface area contributed by atoms with Crippen LogP contribution in [-0.4, -0.2) is 17.0 Å². The Bertz CT molecular complexity index is 731. The molecule has 0 aromatic heterocycles. The van der Waals surface area contributed by atoms with Crippen molar-refractivity contribution in [3.8, 4) is 0 Å². The molecule has 1 aromatic carbocycles. The highest BCUT2D eigenvalue weighted by Gasteiger charge is 2.52. The average Bonchev–Trinajstić information content (AvgIpc) is 3.13. The summed E-state index contributed by atoms with van der Waals surface area (Å²) in [5, 5.41) is 12.3. The maximum atomic E-state index is 14.1. The van der Waals surface area contributed by atoms with Crippen LogP contribution in [0.15, 0.2) is 30.4 Å². The third kappa shape index (κ3) is 3.17. The summed E-state index contributed by atoms with van der Waals surface area (Å²) in [6, 6.07) is 2.62. The van der Waals surface area contributed by atoms with Gasteiger partial charge in [-0.3, -0.25) is 9.59 Å². The number of halogens is 2. The Kier molecular flexibility index (Phi) is 4.62. The van der Waals surface area contributed by atoms with Crippen molar-refractivity contribution in [1.82, 2.24) is 5.32 Å². The summed E-state index contributed by atoms with van der Waals surface area (Å²) < 4.78 is 27.3. The molecule has 2 bridgehead atoms. The molecule has 25 heavy (non-hydrogen) atoms. The topological polar surface area (TPSA) is 66.4 Å². The fourth-order valence-corrected chi connectivity index (χ4v) is 4.12. The fourth-order valence-electron chi connectivity index (χ4n) is 4.12. The van der Waals surface area contributed by atoms with E-state index < -0.39 is 35.5 Å². The molecule has 5 unspecified atom stereocenters. The first-order valence-corrected chi connectivity index (χ1v) is 8.46. The van der Waals surface area contributed by atoms with Crippen molar-refractivity contribution < 1.29 is 23.5 Å². The second kappa shape index (κ2) is 6.58. The Labute approximate surface area is 144 Å². The van der Waals surface area contributed by atoms with Gasteiger partial charge < -0.3 is 10.4 Å². The highest BCUT2D eigenvalue weighted by molar-refractivity contribution is 5.87. The Balaban J connectivity index is 1.84. The highest BCUT2D eigenvalue weighted by atomic mass is 19.1. The van der Waals surface area contributed by atoms with E-state index in [1.54, 1.807) is 0 Å². The van der Waals surface area contributed by atoms with E-state index >= 15 is 0 Å². The van der Waals surface area contributed by atoms with Crippen molar-refractivity contribution in [3.05, 3.63) is 47.5 Å². The molecule has 0 radical (unpaired) electrons. The number of carbonyl (C=O) groups is 2. The molecule has 134 valence electrons. The number of rotatable bonds is 5. The van der Waals surface area contributed by atoms with Gasteiger partial charge in [0, 0.05) is 11.6 Å². The lowest BCUT2D eigenvalue weighted by atomic mass is 9.82. The molecule has 4 nitrogen and oxygen atoms in total. The lowest BCUT2D eigenvalue weighted by Crippen LogP contribution is -2.43. The van der Waals surface area contributed by atoms with Gasteiger partial charge in [-0.2, -0.15) is 0 Å². The summed E-state index contributed by atoms with van der Waals surface area (Å²) in [6.45, 7) is 3.65. The number of carbonyl (C=O) groups excluding carboxylic acids is 1. The van der Waals surface area contributed by atoms with E-state index in [0.29, 0.717) is 6.42 Å². The predicted molar refractivity (Wildman–Crippen MR) is 87.4 cm³/mol. The number of carboxylic acid groups (broad SMARTS) is 1. The molecular formula is C19H21F2NO3. The van der Waals surface area contributed by atoms with Gasteiger partial charge in [0.1, 0.15) is 11.6 Å². The summed E-state index contributed by atoms with van der Waals surface area (Å²) in [5.41, 5.74) is 0.204. The second-order valence-electron chi connectivity index (χ2n) is 7.23. The SMILES string of the molecule is CC(C)C(NC(=O)C1C2C=CC(C2)C1C(=O)O)c1ccc(F)cc1F. The summed E-state index contributed by atoms with van der Waals surface area (Å²) in [5.74, 6) is -4.53. The number of hydrogen-bond acceptors (Lipinski definition) is 2. The molecule has 2 N–H and O–H groups in total. The van der Waals surface area contributed by atoms with Gasteiger partial charge >= 0.3 is 5.97 Å². The van der Waals surface area contributed by atoms with Gasteiger partial charge in [-0.05, 0) is 30.2 Å². The summed E-state index contributed by atoms with van der Waals surface area (Å²) in [6.07, 6.45) is 4.43. The van der Waals surface area contributed by atoms with E-state index in [1.165, 1.54) is 6.07 Å². The van der Waals surface area contributed by atoms with Crippen molar-refractivity contribution in [2.45, 2.75) is 26.3 Å². The Morgan fingerprint density at radius 1 is 1.16 bits per heavy atom. The first-order valence-electron chi connectivity index (χ1n) is 8.46. The molecule has 2 aliphatic carbocycles. The number of carboxylic acids is 1. The van der Waals surface area contributed by atoms with Crippen LogP contribution in [0.25, 0.3) is 0 Å². The number of allylic oxidation sites excluding steroid dienone is 2. The van der Waals surface area contributed by atoms with Crippen molar-refractivity contribution in [2.75, 3.05) is 0 Å². The number of nitrogens with one attached hydrogen (secondary N) is 1. The van der Waals surface area contributed by atoms with E-state index in [1.807, 2.05) is 26.0 Å². The molecule has 1 amide bonds. The first-order chi connectivity index (χ1) is 11.8. The summed E-state index contributed by atoms with van der Waals surface area (Å²) >= 11 is 0. The molecule has 2 aliphatic rings. The minimum absolute atomic E-state index is 0.100. The van der Waals surface area contributed by atoms with Gasteiger partial charge in [0.05, 0.1) is 17.9 Å². The number of hydrogen-bond donors (Lipinski definition) is 2. The second-order valence-corrected chi connectivity index (χ2v) is 7.23. The molecule has 0 heterocycles. The number of aliphatic carboxylic acids is 1. The van der Waals surface area contributed by atoms with Gasteiger partial charge in [0.2, 0.25) is 5.91 Å². The van der Waals surface area contributed by atoms with Crippen molar-refractivity contribution in [2.24, 2.45) is 29.6 Å². The summed E-state index contributed by atoms with van der Waals surface area (Å²) in [7, 11) is 0. The van der Waals surface area contributed by atoms with Crippen LogP contribution >= 0.6 is 0 Å². The molecule has 1 fully saturated rings. The maximum absolute atomic E-state index is 14.1. The largest absolute Gasteiger partial charge is 0.481 e. The van der Waals surface area contributed by atoms with Crippen LogP contribution in [0.1, 0.15) is 31.9 Å². The Morgan fingerprint density at radius 3 is 2.36 bits per heavy atom. The van der Waals surface area contributed by atoms with E-state index in [9.17, 15) is 23.5 Å². The smallest absolute Gasteiger partial charge is 0.307 e. The standard InChI is InChI=1S/C19H21F2NO3/c1-9(2)17(13-6-5-12(20)8-14(13)21)22-18(23)15-10-3-4-11(7-10)16(15)19(24)25/h3-6,8-11,15-17H,7H2,1-2H3,(H,22,23)(H,24,25). The molecule has 0 spiro atoms. The molecule has 1 saturated carbocycles. The van der Waals surface area contributed by atoms with Crippen molar-refractivity contribution >= 4 is 11.9 Å². The van der Waals surface area contributed by atoms with Gasteiger partial charge in [0.15, 0.2) is 0 Å². The van der Waals surface area contributed by atoms with E-state index in [0.717, 1.165) is 12.1 Å². The molecule has 0 aliphatic heterocycles. The van der Waals surface area contributed by atoms with Crippen molar-refractivity contribution in [3.63, 3.8) is 0 Å². The molecule has 5 atom stereocenters. The van der Waals surface area contributed by atoms with Crippen LogP contribution in [0.4, 0.5) is 8.78 Å². The third-order valence-corrected chi connectivity index (χ3v) is 5.31. The Morgan fingerprint density at radius 2 is 1.80 bits per heavy atom. The lowest BCUT2D eigenvalue weighted by molar-refractivity contribution is -0.148. The van der Waals surface area contributed by atoms with Crippen LogP contribution in [-0.2, 0) is 9.59 Å². The van der Waals surface area contributed by atoms with Crippen LogP contribution in [0.3, 0.4) is 0 Å². The first kappa shape index (κ1) is 17.6. The van der Waals surface area contributed by atoms with Gasteiger partial charge in [-0.1, -0.05) is 32.1 Å². The van der Waals surface area contributed by atoms with Gasteiger partial charge in [-0.25, -0.2) is 8.78 Å². The van der Waals surface area contributed by atoms with Crippen LogP contribution in [0.2, 0.25) is 0 Å². The molecule has 1 aromatic rings. The number of fused-ring (bicyclic) bond motifs is 2. The van der Waals surface area contributed by atoms with Crippen LogP contribution in [0, 0.1) is 41.2 Å². The monoisotopic (exact) mass is 349 g/mol. The normalized spacial score (nSPS) is 28.4. The van der Waals surface area contributed by atoms with Crippen LogP contribution in [0.5, 0.6) is 0 Å². The quantitative estimate of drug-likeness (QED) is 0.802. The maximum Gasteiger partial charge on any atom is 0.307 e. The minimum Gasteiger partial charge on any atom is -0.481 e.